The zero-order chi connectivity index (χ0) is 22.5. The number of rotatable bonds is 8. The highest BCUT2D eigenvalue weighted by Gasteiger charge is 2.26. The lowest BCUT2D eigenvalue weighted by molar-refractivity contribution is -0.148. The second-order valence-electron chi connectivity index (χ2n) is 7.61. The van der Waals surface area contributed by atoms with E-state index in [0.717, 1.165) is 9.87 Å². The third-order valence-electron chi connectivity index (χ3n) is 4.55. The summed E-state index contributed by atoms with van der Waals surface area (Å²) in [5.74, 6) is -1.12. The van der Waals surface area contributed by atoms with Crippen LogP contribution in [0.4, 0.5) is 0 Å². The molecule has 0 heterocycles. The van der Waals surface area contributed by atoms with Gasteiger partial charge in [0, 0.05) is 19.7 Å². The van der Waals surface area contributed by atoms with Gasteiger partial charge in [-0.2, -0.15) is 0 Å². The molecular weight excluding hydrogens is 404 g/mol. The summed E-state index contributed by atoms with van der Waals surface area (Å²) in [5, 5.41) is 2.73. The fourth-order valence-corrected chi connectivity index (χ4v) is 3.73. The maximum atomic E-state index is 12.6. The number of ether oxygens (including phenoxy) is 1. The standard InChI is InChI=1S/C22H28N2O5S/c1-15(2)20(23-21(25)18-10-6-8-16(3)12-18)22(26)29-14-17-9-7-11-19(13-17)30(27,28)24(4)5/h6-13,15,20H,14H2,1-5H3,(H,23,25)/t20-/m0/s1. The molecule has 0 aliphatic heterocycles. The van der Waals surface area contributed by atoms with E-state index in [1.165, 1.54) is 26.2 Å². The van der Waals surface area contributed by atoms with Crippen molar-refractivity contribution < 1.29 is 22.7 Å². The summed E-state index contributed by atoms with van der Waals surface area (Å²) >= 11 is 0. The number of hydrogen-bond acceptors (Lipinski definition) is 5. The third-order valence-corrected chi connectivity index (χ3v) is 6.36. The quantitative estimate of drug-likeness (QED) is 0.648. The van der Waals surface area contributed by atoms with E-state index in [0.29, 0.717) is 11.1 Å². The van der Waals surface area contributed by atoms with Crippen molar-refractivity contribution in [2.45, 2.75) is 38.3 Å². The SMILES string of the molecule is Cc1cccc(C(=O)N[C@H](C(=O)OCc2cccc(S(=O)(=O)N(C)C)c2)C(C)C)c1. The molecule has 0 radical (unpaired) electrons. The predicted octanol–water partition coefficient (Wildman–Crippen LogP) is 2.74. The van der Waals surface area contributed by atoms with Crippen LogP contribution in [0.15, 0.2) is 53.4 Å². The predicted molar refractivity (Wildman–Crippen MR) is 114 cm³/mol. The second-order valence-corrected chi connectivity index (χ2v) is 9.76. The Hall–Kier alpha value is -2.71. The molecular formula is C22H28N2O5S. The minimum Gasteiger partial charge on any atom is -0.459 e. The first-order valence-corrected chi connectivity index (χ1v) is 11.0. The van der Waals surface area contributed by atoms with Crippen LogP contribution in [0.5, 0.6) is 0 Å². The number of aryl methyl sites for hydroxylation is 1. The van der Waals surface area contributed by atoms with Crippen molar-refractivity contribution in [3.05, 3.63) is 65.2 Å². The summed E-state index contributed by atoms with van der Waals surface area (Å²) < 4.78 is 31.0. The first-order valence-electron chi connectivity index (χ1n) is 9.58. The highest BCUT2D eigenvalue weighted by Crippen LogP contribution is 2.16. The molecule has 0 aliphatic carbocycles. The molecule has 8 heteroatoms. The van der Waals surface area contributed by atoms with Crippen molar-refractivity contribution >= 4 is 21.9 Å². The van der Waals surface area contributed by atoms with Crippen LogP contribution in [0.1, 0.15) is 35.3 Å². The van der Waals surface area contributed by atoms with E-state index in [9.17, 15) is 18.0 Å². The Kier molecular flexibility index (Phi) is 7.75. The Morgan fingerprint density at radius 3 is 2.33 bits per heavy atom. The summed E-state index contributed by atoms with van der Waals surface area (Å²) in [6.45, 7) is 5.41. The van der Waals surface area contributed by atoms with Crippen LogP contribution in [-0.2, 0) is 26.2 Å². The van der Waals surface area contributed by atoms with Crippen LogP contribution in [0.3, 0.4) is 0 Å². The molecule has 0 aliphatic rings. The molecule has 2 aromatic carbocycles. The zero-order valence-corrected chi connectivity index (χ0v) is 18.7. The van der Waals surface area contributed by atoms with Gasteiger partial charge in [-0.15, -0.1) is 0 Å². The van der Waals surface area contributed by atoms with E-state index >= 15 is 0 Å². The van der Waals surface area contributed by atoms with Gasteiger partial charge in [0.25, 0.3) is 5.91 Å². The molecule has 0 fully saturated rings. The molecule has 0 aromatic heterocycles. The van der Waals surface area contributed by atoms with Crippen molar-refractivity contribution in [1.29, 1.82) is 0 Å². The molecule has 0 saturated carbocycles. The Morgan fingerprint density at radius 1 is 1.07 bits per heavy atom. The molecule has 2 aromatic rings. The fraction of sp³-hybridized carbons (Fsp3) is 0.364. The molecule has 7 nitrogen and oxygen atoms in total. The van der Waals surface area contributed by atoms with E-state index in [-0.39, 0.29) is 23.3 Å². The molecule has 1 atom stereocenters. The van der Waals surface area contributed by atoms with Crippen LogP contribution in [0.2, 0.25) is 0 Å². The Balaban J connectivity index is 2.08. The Bertz CT molecular complexity index is 1020. The summed E-state index contributed by atoms with van der Waals surface area (Å²) in [4.78, 5) is 25.3. The van der Waals surface area contributed by atoms with Crippen LogP contribution in [-0.4, -0.2) is 44.7 Å². The first kappa shape index (κ1) is 23.6. The normalized spacial score (nSPS) is 12.6. The van der Waals surface area contributed by atoms with Crippen molar-refractivity contribution in [2.24, 2.45) is 5.92 Å². The van der Waals surface area contributed by atoms with Gasteiger partial charge in [0.05, 0.1) is 4.90 Å². The second kappa shape index (κ2) is 9.86. The average Bonchev–Trinajstić information content (AvgIpc) is 2.69. The smallest absolute Gasteiger partial charge is 0.329 e. The van der Waals surface area contributed by atoms with Gasteiger partial charge >= 0.3 is 5.97 Å². The van der Waals surface area contributed by atoms with E-state index in [2.05, 4.69) is 5.32 Å². The van der Waals surface area contributed by atoms with Crippen LogP contribution in [0.25, 0.3) is 0 Å². The van der Waals surface area contributed by atoms with E-state index < -0.39 is 22.0 Å². The van der Waals surface area contributed by atoms with Gasteiger partial charge in [-0.1, -0.05) is 43.7 Å². The number of amides is 1. The van der Waals surface area contributed by atoms with Crippen LogP contribution in [0, 0.1) is 12.8 Å². The highest BCUT2D eigenvalue weighted by atomic mass is 32.2. The number of nitrogens with one attached hydrogen (secondary N) is 1. The fourth-order valence-electron chi connectivity index (χ4n) is 2.76. The lowest BCUT2D eigenvalue weighted by Gasteiger charge is -2.21. The van der Waals surface area contributed by atoms with Crippen molar-refractivity contribution in [3.63, 3.8) is 0 Å². The number of sulfonamides is 1. The van der Waals surface area contributed by atoms with Gasteiger partial charge in [-0.05, 0) is 42.7 Å². The minimum absolute atomic E-state index is 0.0981. The first-order chi connectivity index (χ1) is 14.0. The Morgan fingerprint density at radius 2 is 1.73 bits per heavy atom. The van der Waals surface area contributed by atoms with Gasteiger partial charge in [0.15, 0.2) is 0 Å². The zero-order valence-electron chi connectivity index (χ0n) is 17.9. The van der Waals surface area contributed by atoms with E-state index in [1.807, 2.05) is 26.8 Å². The van der Waals surface area contributed by atoms with Gasteiger partial charge in [0.2, 0.25) is 10.0 Å². The lowest BCUT2D eigenvalue weighted by atomic mass is 10.0. The lowest BCUT2D eigenvalue weighted by Crippen LogP contribution is -2.45. The van der Waals surface area contributed by atoms with Crippen molar-refractivity contribution in [3.8, 4) is 0 Å². The number of carbonyl (C=O) groups excluding carboxylic acids is 2. The number of hydrogen-bond donors (Lipinski definition) is 1. The van der Waals surface area contributed by atoms with Crippen LogP contribution < -0.4 is 5.32 Å². The molecule has 2 rings (SSSR count). The maximum Gasteiger partial charge on any atom is 0.329 e. The van der Waals surface area contributed by atoms with Crippen molar-refractivity contribution in [2.75, 3.05) is 14.1 Å². The highest BCUT2D eigenvalue weighted by molar-refractivity contribution is 7.89. The summed E-state index contributed by atoms with van der Waals surface area (Å²) in [5.41, 5.74) is 1.95. The summed E-state index contributed by atoms with van der Waals surface area (Å²) in [6, 6.07) is 12.5. The van der Waals surface area contributed by atoms with Gasteiger partial charge in [-0.3, -0.25) is 4.79 Å². The maximum absolute atomic E-state index is 12.6. The molecule has 1 amide bonds. The van der Waals surface area contributed by atoms with Gasteiger partial charge in [-0.25, -0.2) is 17.5 Å². The average molecular weight is 433 g/mol. The topological polar surface area (TPSA) is 92.8 Å². The van der Waals surface area contributed by atoms with E-state index in [4.69, 9.17) is 4.74 Å². The number of benzene rings is 2. The number of esters is 1. The molecule has 30 heavy (non-hydrogen) atoms. The molecule has 162 valence electrons. The number of nitrogens with zero attached hydrogens (tertiary/aromatic N) is 1. The molecule has 0 saturated heterocycles. The molecule has 0 spiro atoms. The largest absolute Gasteiger partial charge is 0.459 e. The van der Waals surface area contributed by atoms with Gasteiger partial charge < -0.3 is 10.1 Å². The molecule has 1 N–H and O–H groups in total. The monoisotopic (exact) mass is 432 g/mol. The van der Waals surface area contributed by atoms with E-state index in [1.54, 1.807) is 30.3 Å². The summed E-state index contributed by atoms with van der Waals surface area (Å²) in [7, 11) is -0.681. The van der Waals surface area contributed by atoms with Gasteiger partial charge in [0.1, 0.15) is 12.6 Å². The van der Waals surface area contributed by atoms with Crippen molar-refractivity contribution in [1.82, 2.24) is 9.62 Å². The molecule has 0 unspecified atom stereocenters. The third kappa shape index (κ3) is 5.90. The molecule has 0 bridgehead atoms. The summed E-state index contributed by atoms with van der Waals surface area (Å²) in [6.07, 6.45) is 0. The number of carbonyl (C=O) groups is 2. The van der Waals surface area contributed by atoms with Crippen LogP contribution >= 0.6 is 0 Å². The Labute approximate surface area is 178 Å². The minimum atomic E-state index is -3.58.